The summed E-state index contributed by atoms with van der Waals surface area (Å²) >= 11 is 0. The molecule has 4 heteroatoms. The molecule has 0 unspecified atom stereocenters. The molecule has 0 saturated carbocycles. The predicted octanol–water partition coefficient (Wildman–Crippen LogP) is 3.24. The second-order valence-electron chi connectivity index (χ2n) is 5.36. The van der Waals surface area contributed by atoms with Gasteiger partial charge in [0.25, 0.3) is 0 Å². The van der Waals surface area contributed by atoms with Crippen molar-refractivity contribution in [2.45, 2.75) is 26.4 Å². The Bertz CT molecular complexity index is 601. The van der Waals surface area contributed by atoms with Crippen LogP contribution in [0.15, 0.2) is 28.7 Å². The predicted molar refractivity (Wildman–Crippen MR) is 79.0 cm³/mol. The van der Waals surface area contributed by atoms with Gasteiger partial charge in [-0.2, -0.15) is 0 Å². The number of rotatable bonds is 5. The van der Waals surface area contributed by atoms with Gasteiger partial charge in [-0.1, -0.05) is 18.2 Å². The number of furan rings is 1. The molecule has 0 radical (unpaired) electrons. The minimum absolute atomic E-state index is 0.127. The molecule has 1 atom stereocenters. The van der Waals surface area contributed by atoms with Crippen LogP contribution < -0.4 is 0 Å². The van der Waals surface area contributed by atoms with Crippen molar-refractivity contribution in [3.63, 3.8) is 0 Å². The molecule has 2 rings (SSSR count). The van der Waals surface area contributed by atoms with Crippen molar-refractivity contribution >= 4 is 16.9 Å². The number of esters is 1. The molecule has 0 fully saturated rings. The van der Waals surface area contributed by atoms with Gasteiger partial charge in [0, 0.05) is 17.5 Å². The maximum atomic E-state index is 12.2. The quantitative estimate of drug-likeness (QED) is 0.786. The van der Waals surface area contributed by atoms with E-state index in [9.17, 15) is 4.79 Å². The molecule has 0 aliphatic carbocycles. The molecule has 1 aromatic carbocycles. The van der Waals surface area contributed by atoms with E-state index < -0.39 is 0 Å². The number of hydrogen-bond acceptors (Lipinski definition) is 4. The first-order valence-electron chi connectivity index (χ1n) is 6.83. The molecule has 0 amide bonds. The zero-order valence-corrected chi connectivity index (χ0v) is 12.5. The molecular weight excluding hydrogens is 254 g/mol. The summed E-state index contributed by atoms with van der Waals surface area (Å²) < 4.78 is 11.0. The normalized spacial score (nSPS) is 12.8. The molecule has 1 heterocycles. The van der Waals surface area contributed by atoms with Crippen LogP contribution in [0.25, 0.3) is 11.0 Å². The number of carbonyl (C=O) groups excluding carboxylic acids is 1. The summed E-state index contributed by atoms with van der Waals surface area (Å²) in [6.07, 6.45) is 0.676. The third-order valence-corrected chi connectivity index (χ3v) is 3.32. The molecule has 0 aliphatic rings. The van der Waals surface area contributed by atoms with E-state index in [1.54, 1.807) is 0 Å². The Hall–Kier alpha value is -1.81. The van der Waals surface area contributed by atoms with E-state index >= 15 is 0 Å². The molecule has 2 aromatic rings. The van der Waals surface area contributed by atoms with E-state index in [1.165, 1.54) is 0 Å². The van der Waals surface area contributed by atoms with Crippen molar-refractivity contribution in [3.8, 4) is 0 Å². The molecular formula is C16H21NO3. The maximum absolute atomic E-state index is 12.2. The standard InChI is InChI=1S/C16H21NO3/c1-11(9-10-17(3)4)19-16(18)15-12(2)13-7-5-6-8-14(13)20-15/h5-8,11H,9-10H2,1-4H3/t11-/m0/s1. The van der Waals surface area contributed by atoms with Crippen molar-refractivity contribution in [1.29, 1.82) is 0 Å². The number of aryl methyl sites for hydroxylation is 1. The number of para-hydroxylation sites is 1. The van der Waals surface area contributed by atoms with Gasteiger partial charge in [0.05, 0.1) is 0 Å². The lowest BCUT2D eigenvalue weighted by Gasteiger charge is -2.15. The minimum Gasteiger partial charge on any atom is -0.457 e. The van der Waals surface area contributed by atoms with Gasteiger partial charge in [0.15, 0.2) is 0 Å². The SMILES string of the molecule is Cc1c(C(=O)O[C@@H](C)CCN(C)C)oc2ccccc12. The fourth-order valence-corrected chi connectivity index (χ4v) is 2.10. The van der Waals surface area contributed by atoms with Crippen LogP contribution in [-0.4, -0.2) is 37.6 Å². The second kappa shape index (κ2) is 6.09. The Morgan fingerprint density at radius 1 is 1.35 bits per heavy atom. The highest BCUT2D eigenvalue weighted by molar-refractivity contribution is 5.95. The van der Waals surface area contributed by atoms with Gasteiger partial charge in [-0.05, 0) is 40.4 Å². The topological polar surface area (TPSA) is 42.7 Å². The van der Waals surface area contributed by atoms with Crippen LogP contribution in [0.3, 0.4) is 0 Å². The van der Waals surface area contributed by atoms with Crippen molar-refractivity contribution < 1.29 is 13.9 Å². The number of fused-ring (bicyclic) bond motifs is 1. The molecule has 0 bridgehead atoms. The van der Waals surface area contributed by atoms with E-state index in [4.69, 9.17) is 9.15 Å². The van der Waals surface area contributed by atoms with Crippen LogP contribution >= 0.6 is 0 Å². The molecule has 0 N–H and O–H groups in total. The molecule has 1 aromatic heterocycles. The molecule has 20 heavy (non-hydrogen) atoms. The number of ether oxygens (including phenoxy) is 1. The highest BCUT2D eigenvalue weighted by Crippen LogP contribution is 2.25. The van der Waals surface area contributed by atoms with E-state index in [-0.39, 0.29) is 12.1 Å². The van der Waals surface area contributed by atoms with Crippen molar-refractivity contribution in [1.82, 2.24) is 4.90 Å². The summed E-state index contributed by atoms with van der Waals surface area (Å²) in [5.41, 5.74) is 1.56. The second-order valence-corrected chi connectivity index (χ2v) is 5.36. The van der Waals surface area contributed by atoms with Gasteiger partial charge in [-0.3, -0.25) is 0 Å². The van der Waals surface area contributed by atoms with Crippen molar-refractivity contribution in [2.75, 3.05) is 20.6 Å². The number of hydrogen-bond donors (Lipinski definition) is 0. The Morgan fingerprint density at radius 3 is 2.70 bits per heavy atom. The first-order chi connectivity index (χ1) is 9.49. The van der Waals surface area contributed by atoms with Gasteiger partial charge >= 0.3 is 5.97 Å². The summed E-state index contributed by atoms with van der Waals surface area (Å²) in [5.74, 6) is -0.0761. The zero-order valence-electron chi connectivity index (χ0n) is 12.5. The number of carbonyl (C=O) groups is 1. The molecule has 0 saturated heterocycles. The lowest BCUT2D eigenvalue weighted by atomic mass is 10.1. The highest BCUT2D eigenvalue weighted by Gasteiger charge is 2.20. The third kappa shape index (κ3) is 3.20. The number of nitrogens with zero attached hydrogens (tertiary/aromatic N) is 1. The summed E-state index contributed by atoms with van der Waals surface area (Å²) in [6, 6.07) is 7.62. The Morgan fingerprint density at radius 2 is 2.05 bits per heavy atom. The largest absolute Gasteiger partial charge is 0.457 e. The van der Waals surface area contributed by atoms with Crippen LogP contribution in [0.4, 0.5) is 0 Å². The fourth-order valence-electron chi connectivity index (χ4n) is 2.10. The average molecular weight is 275 g/mol. The van der Waals surface area contributed by atoms with E-state index in [0.29, 0.717) is 5.76 Å². The monoisotopic (exact) mass is 275 g/mol. The molecule has 0 aliphatic heterocycles. The van der Waals surface area contributed by atoms with E-state index in [2.05, 4.69) is 4.90 Å². The van der Waals surface area contributed by atoms with Crippen LogP contribution in [0.1, 0.15) is 29.5 Å². The molecule has 108 valence electrons. The lowest BCUT2D eigenvalue weighted by molar-refractivity contribution is 0.0277. The highest BCUT2D eigenvalue weighted by atomic mass is 16.6. The fraction of sp³-hybridized carbons (Fsp3) is 0.438. The summed E-state index contributed by atoms with van der Waals surface area (Å²) in [4.78, 5) is 14.2. The Labute approximate surface area is 119 Å². The van der Waals surface area contributed by atoms with E-state index in [1.807, 2.05) is 52.2 Å². The van der Waals surface area contributed by atoms with Gasteiger partial charge in [0.2, 0.25) is 5.76 Å². The Kier molecular flexibility index (Phi) is 4.45. The van der Waals surface area contributed by atoms with Gasteiger partial charge in [0.1, 0.15) is 11.7 Å². The van der Waals surface area contributed by atoms with Gasteiger partial charge < -0.3 is 14.1 Å². The minimum atomic E-state index is -0.384. The first kappa shape index (κ1) is 14.6. The lowest BCUT2D eigenvalue weighted by Crippen LogP contribution is -2.22. The summed E-state index contributed by atoms with van der Waals surface area (Å²) in [6.45, 7) is 4.67. The van der Waals surface area contributed by atoms with Gasteiger partial charge in [-0.15, -0.1) is 0 Å². The van der Waals surface area contributed by atoms with Crippen LogP contribution in [-0.2, 0) is 4.74 Å². The smallest absolute Gasteiger partial charge is 0.374 e. The van der Waals surface area contributed by atoms with E-state index in [0.717, 1.165) is 29.5 Å². The maximum Gasteiger partial charge on any atom is 0.374 e. The number of benzene rings is 1. The van der Waals surface area contributed by atoms with Crippen molar-refractivity contribution in [2.24, 2.45) is 0 Å². The molecule has 4 nitrogen and oxygen atoms in total. The van der Waals surface area contributed by atoms with Crippen LogP contribution in [0.2, 0.25) is 0 Å². The van der Waals surface area contributed by atoms with Crippen molar-refractivity contribution in [3.05, 3.63) is 35.6 Å². The van der Waals surface area contributed by atoms with Crippen LogP contribution in [0, 0.1) is 6.92 Å². The third-order valence-electron chi connectivity index (χ3n) is 3.32. The zero-order chi connectivity index (χ0) is 14.7. The van der Waals surface area contributed by atoms with Crippen LogP contribution in [0.5, 0.6) is 0 Å². The van der Waals surface area contributed by atoms with Gasteiger partial charge in [-0.25, -0.2) is 4.79 Å². The summed E-state index contributed by atoms with van der Waals surface area (Å²) in [7, 11) is 4.00. The first-order valence-corrected chi connectivity index (χ1v) is 6.83. The summed E-state index contributed by atoms with van der Waals surface area (Å²) in [5, 5.41) is 0.959. The average Bonchev–Trinajstić information content (AvgIpc) is 2.74. The Balaban J connectivity index is 2.09. The molecule has 0 spiro atoms.